The molecular weight excluding hydrogens is 196 g/mol. The molecule has 0 amide bonds. The molecule has 1 aromatic carbocycles. The van der Waals surface area contributed by atoms with E-state index < -0.39 is 5.97 Å². The third-order valence-corrected chi connectivity index (χ3v) is 1.91. The maximum absolute atomic E-state index is 11.6. The Morgan fingerprint density at radius 1 is 1.20 bits per heavy atom. The van der Waals surface area contributed by atoms with Crippen LogP contribution in [-0.2, 0) is 4.74 Å². The Hall–Kier alpha value is -1.71. The first kappa shape index (κ1) is 11.4. The van der Waals surface area contributed by atoms with Crippen molar-refractivity contribution in [2.45, 2.75) is 6.92 Å². The molecule has 0 bridgehead atoms. The average Bonchev–Trinajstić information content (AvgIpc) is 2.28. The molecule has 0 saturated carbocycles. The molecule has 0 fully saturated rings. The number of methoxy groups -OCH3 is 2. The van der Waals surface area contributed by atoms with E-state index in [1.165, 1.54) is 14.2 Å². The van der Waals surface area contributed by atoms with E-state index in [9.17, 15) is 4.79 Å². The molecule has 0 unspecified atom stereocenters. The van der Waals surface area contributed by atoms with Gasteiger partial charge in [-0.25, -0.2) is 4.79 Å². The zero-order valence-corrected chi connectivity index (χ0v) is 9.07. The molecule has 0 aliphatic rings. The fourth-order valence-electron chi connectivity index (χ4n) is 1.26. The molecule has 0 aromatic heterocycles. The highest BCUT2D eigenvalue weighted by Gasteiger charge is 2.18. The third-order valence-electron chi connectivity index (χ3n) is 1.91. The molecule has 0 saturated heterocycles. The van der Waals surface area contributed by atoms with Crippen molar-refractivity contribution in [1.82, 2.24) is 0 Å². The third kappa shape index (κ3) is 2.40. The quantitative estimate of drug-likeness (QED) is 0.712. The maximum atomic E-state index is 11.6. The van der Waals surface area contributed by atoms with E-state index in [1.54, 1.807) is 25.1 Å². The van der Waals surface area contributed by atoms with Crippen molar-refractivity contribution >= 4 is 5.97 Å². The zero-order chi connectivity index (χ0) is 11.3. The first-order valence-corrected chi connectivity index (χ1v) is 4.62. The van der Waals surface area contributed by atoms with Gasteiger partial charge in [0.05, 0.1) is 20.8 Å². The molecular formula is C11H14O4. The summed E-state index contributed by atoms with van der Waals surface area (Å²) in [6, 6.07) is 5.13. The molecule has 1 rings (SSSR count). The standard InChI is InChI=1S/C11H14O4/c1-4-15-11(12)10-8(13-2)6-5-7-9(10)14-3/h5-7H,4H2,1-3H3. The van der Waals surface area contributed by atoms with Gasteiger partial charge in [0, 0.05) is 0 Å². The van der Waals surface area contributed by atoms with Gasteiger partial charge in [-0.2, -0.15) is 0 Å². The molecule has 4 heteroatoms. The van der Waals surface area contributed by atoms with Crippen LogP contribution in [0.5, 0.6) is 11.5 Å². The minimum Gasteiger partial charge on any atom is -0.496 e. The molecule has 0 spiro atoms. The second kappa shape index (κ2) is 5.24. The highest BCUT2D eigenvalue weighted by Crippen LogP contribution is 2.28. The summed E-state index contributed by atoms with van der Waals surface area (Å²) in [4.78, 5) is 11.6. The molecule has 1 aromatic rings. The summed E-state index contributed by atoms with van der Waals surface area (Å²) in [5.74, 6) is 0.465. The zero-order valence-electron chi connectivity index (χ0n) is 9.07. The van der Waals surface area contributed by atoms with E-state index in [4.69, 9.17) is 14.2 Å². The lowest BCUT2D eigenvalue weighted by molar-refractivity contribution is 0.0519. The Kier molecular flexibility index (Phi) is 3.97. The number of benzene rings is 1. The van der Waals surface area contributed by atoms with Crippen molar-refractivity contribution in [3.8, 4) is 11.5 Å². The van der Waals surface area contributed by atoms with Crippen molar-refractivity contribution in [1.29, 1.82) is 0 Å². The Balaban J connectivity index is 3.15. The summed E-state index contributed by atoms with van der Waals surface area (Å²) in [7, 11) is 3.00. The SMILES string of the molecule is CCOC(=O)c1c(OC)cccc1OC. The van der Waals surface area contributed by atoms with Gasteiger partial charge in [-0.3, -0.25) is 0 Å². The van der Waals surface area contributed by atoms with E-state index in [2.05, 4.69) is 0 Å². The van der Waals surface area contributed by atoms with Gasteiger partial charge >= 0.3 is 5.97 Å². The lowest BCUT2D eigenvalue weighted by Crippen LogP contribution is -2.08. The van der Waals surface area contributed by atoms with Gasteiger partial charge in [0.2, 0.25) is 0 Å². The maximum Gasteiger partial charge on any atom is 0.345 e. The van der Waals surface area contributed by atoms with Crippen molar-refractivity contribution in [3.63, 3.8) is 0 Å². The normalized spacial score (nSPS) is 9.53. The van der Waals surface area contributed by atoms with E-state index in [1.807, 2.05) is 0 Å². The Morgan fingerprint density at radius 3 is 2.13 bits per heavy atom. The van der Waals surface area contributed by atoms with Gasteiger partial charge in [-0.15, -0.1) is 0 Å². The fraction of sp³-hybridized carbons (Fsp3) is 0.364. The number of carbonyl (C=O) groups is 1. The summed E-state index contributed by atoms with van der Waals surface area (Å²) in [6.07, 6.45) is 0. The van der Waals surface area contributed by atoms with Gasteiger partial charge < -0.3 is 14.2 Å². The second-order valence-corrected chi connectivity index (χ2v) is 2.76. The average molecular weight is 210 g/mol. The minimum atomic E-state index is -0.438. The molecule has 0 heterocycles. The van der Waals surface area contributed by atoms with Gasteiger partial charge in [-0.1, -0.05) is 6.07 Å². The molecule has 15 heavy (non-hydrogen) atoms. The largest absolute Gasteiger partial charge is 0.496 e. The number of carbonyl (C=O) groups excluding carboxylic acids is 1. The van der Waals surface area contributed by atoms with E-state index in [-0.39, 0.29) is 0 Å². The monoisotopic (exact) mass is 210 g/mol. The van der Waals surface area contributed by atoms with Crippen molar-refractivity contribution in [3.05, 3.63) is 23.8 Å². The van der Waals surface area contributed by atoms with Crippen LogP contribution in [0, 0.1) is 0 Å². The summed E-state index contributed by atoms with van der Waals surface area (Å²) in [6.45, 7) is 2.07. The van der Waals surface area contributed by atoms with Crippen LogP contribution in [0.1, 0.15) is 17.3 Å². The fourth-order valence-corrected chi connectivity index (χ4v) is 1.26. The Morgan fingerprint density at radius 2 is 1.73 bits per heavy atom. The first-order valence-electron chi connectivity index (χ1n) is 4.62. The molecule has 0 N–H and O–H groups in total. The smallest absolute Gasteiger partial charge is 0.345 e. The number of hydrogen-bond acceptors (Lipinski definition) is 4. The molecule has 4 nitrogen and oxygen atoms in total. The van der Waals surface area contributed by atoms with E-state index in [0.717, 1.165) is 0 Å². The van der Waals surface area contributed by atoms with Crippen LogP contribution in [0.15, 0.2) is 18.2 Å². The van der Waals surface area contributed by atoms with Crippen LogP contribution in [0.4, 0.5) is 0 Å². The molecule has 82 valence electrons. The predicted octanol–water partition coefficient (Wildman–Crippen LogP) is 1.88. The summed E-state index contributed by atoms with van der Waals surface area (Å²) in [5, 5.41) is 0. The summed E-state index contributed by atoms with van der Waals surface area (Å²) >= 11 is 0. The van der Waals surface area contributed by atoms with Gasteiger partial charge in [-0.05, 0) is 19.1 Å². The Labute approximate surface area is 88.8 Å². The molecule has 0 atom stereocenters. The van der Waals surface area contributed by atoms with Crippen molar-refractivity contribution in [2.75, 3.05) is 20.8 Å². The van der Waals surface area contributed by atoms with Crippen molar-refractivity contribution in [2.24, 2.45) is 0 Å². The molecule has 0 aliphatic carbocycles. The van der Waals surface area contributed by atoms with Crippen LogP contribution in [0.3, 0.4) is 0 Å². The highest BCUT2D eigenvalue weighted by molar-refractivity contribution is 5.95. The lowest BCUT2D eigenvalue weighted by atomic mass is 10.2. The molecule has 0 aliphatic heterocycles. The summed E-state index contributed by atoms with van der Waals surface area (Å²) < 4.78 is 15.1. The lowest BCUT2D eigenvalue weighted by Gasteiger charge is -2.11. The van der Waals surface area contributed by atoms with Crippen LogP contribution in [0.25, 0.3) is 0 Å². The topological polar surface area (TPSA) is 44.8 Å². The van der Waals surface area contributed by atoms with Crippen LogP contribution in [0.2, 0.25) is 0 Å². The van der Waals surface area contributed by atoms with Crippen LogP contribution >= 0.6 is 0 Å². The van der Waals surface area contributed by atoms with Gasteiger partial charge in [0.15, 0.2) is 0 Å². The summed E-state index contributed by atoms with van der Waals surface area (Å²) in [5.41, 5.74) is 0.323. The Bertz CT molecular complexity index is 324. The number of esters is 1. The number of rotatable bonds is 4. The van der Waals surface area contributed by atoms with Crippen LogP contribution in [-0.4, -0.2) is 26.8 Å². The van der Waals surface area contributed by atoms with Crippen molar-refractivity contribution < 1.29 is 19.0 Å². The predicted molar refractivity (Wildman–Crippen MR) is 55.5 cm³/mol. The highest BCUT2D eigenvalue weighted by atomic mass is 16.5. The minimum absolute atomic E-state index is 0.319. The van der Waals surface area contributed by atoms with Gasteiger partial charge in [0.1, 0.15) is 17.1 Å². The first-order chi connectivity index (χ1) is 7.24. The number of ether oxygens (including phenoxy) is 3. The van der Waals surface area contributed by atoms with Crippen LogP contribution < -0.4 is 9.47 Å². The molecule has 0 radical (unpaired) electrons. The van der Waals surface area contributed by atoms with Gasteiger partial charge in [0.25, 0.3) is 0 Å². The van der Waals surface area contributed by atoms with E-state index >= 15 is 0 Å². The van der Waals surface area contributed by atoms with E-state index in [0.29, 0.717) is 23.7 Å². The number of hydrogen-bond donors (Lipinski definition) is 0. The second-order valence-electron chi connectivity index (χ2n) is 2.76.